The second-order valence-electron chi connectivity index (χ2n) is 5.67. The summed E-state index contributed by atoms with van der Waals surface area (Å²) >= 11 is 5.52. The summed E-state index contributed by atoms with van der Waals surface area (Å²) in [5.41, 5.74) is 1.19. The number of hydrogen-bond donors (Lipinski definition) is 1. The Bertz CT molecular complexity index is 504. The molecule has 21 heavy (non-hydrogen) atoms. The van der Waals surface area contributed by atoms with Gasteiger partial charge in [0.25, 0.3) is 0 Å². The Balaban J connectivity index is 2.01. The van der Waals surface area contributed by atoms with Gasteiger partial charge < -0.3 is 15.1 Å². The highest BCUT2D eigenvalue weighted by molar-refractivity contribution is 7.80. The largest absolute Gasteiger partial charge is 0.356 e. The molecule has 1 aliphatic rings. The lowest BCUT2D eigenvalue weighted by molar-refractivity contribution is -0.132. The van der Waals surface area contributed by atoms with Crippen LogP contribution >= 0.6 is 12.2 Å². The molecule has 4 nitrogen and oxygen atoms in total. The maximum absolute atomic E-state index is 12.2. The number of rotatable bonds is 3. The Morgan fingerprint density at radius 3 is 2.67 bits per heavy atom. The smallest absolute Gasteiger partial charge is 0.244 e. The molecule has 5 heteroatoms. The molecule has 2 unspecified atom stereocenters. The van der Waals surface area contributed by atoms with Crippen molar-refractivity contribution < 1.29 is 4.79 Å². The lowest BCUT2D eigenvalue weighted by Crippen LogP contribution is -2.49. The number of thiocarbonyl (C=S) groups is 1. The van der Waals surface area contributed by atoms with E-state index in [0.717, 1.165) is 19.4 Å². The molecule has 1 heterocycles. The zero-order chi connectivity index (χ0) is 15.4. The normalized spacial score (nSPS) is 19.2. The molecule has 2 rings (SSSR count). The predicted octanol–water partition coefficient (Wildman–Crippen LogP) is 2.17. The number of carbonyl (C=O) groups is 1. The van der Waals surface area contributed by atoms with E-state index in [0.29, 0.717) is 5.11 Å². The molecule has 1 amide bonds. The number of likely N-dealkylation sites (N-methyl/N-ethyl adjacent to an activating group) is 1. The molecule has 1 aliphatic heterocycles. The summed E-state index contributed by atoms with van der Waals surface area (Å²) in [5.74, 6) is 0.129. The van der Waals surface area contributed by atoms with E-state index in [1.54, 1.807) is 19.0 Å². The van der Waals surface area contributed by atoms with Crippen molar-refractivity contribution in [2.75, 3.05) is 20.6 Å². The van der Waals surface area contributed by atoms with Gasteiger partial charge >= 0.3 is 0 Å². The van der Waals surface area contributed by atoms with Crippen LogP contribution in [0.3, 0.4) is 0 Å². The molecular weight excluding hydrogens is 282 g/mol. The van der Waals surface area contributed by atoms with Crippen molar-refractivity contribution in [3.63, 3.8) is 0 Å². The minimum Gasteiger partial charge on any atom is -0.356 e. The Morgan fingerprint density at radius 2 is 2.05 bits per heavy atom. The first-order chi connectivity index (χ1) is 10.0. The summed E-state index contributed by atoms with van der Waals surface area (Å²) in [6, 6.07) is 10.2. The molecule has 0 aliphatic carbocycles. The molecule has 0 saturated carbocycles. The lowest BCUT2D eigenvalue weighted by atomic mass is 10.1. The van der Waals surface area contributed by atoms with Crippen molar-refractivity contribution in [3.05, 3.63) is 35.9 Å². The number of likely N-dealkylation sites (tertiary alicyclic amines) is 1. The van der Waals surface area contributed by atoms with Crippen LogP contribution in [0.15, 0.2) is 30.3 Å². The van der Waals surface area contributed by atoms with Crippen LogP contribution in [0.2, 0.25) is 0 Å². The molecule has 0 aromatic heterocycles. The number of carbonyl (C=O) groups excluding carboxylic acids is 1. The highest BCUT2D eigenvalue weighted by Gasteiger charge is 2.33. The van der Waals surface area contributed by atoms with Crippen LogP contribution in [0.5, 0.6) is 0 Å². The van der Waals surface area contributed by atoms with Gasteiger partial charge in [0.1, 0.15) is 6.04 Å². The summed E-state index contributed by atoms with van der Waals surface area (Å²) < 4.78 is 0. The van der Waals surface area contributed by atoms with Crippen LogP contribution in [0, 0.1) is 0 Å². The second kappa shape index (κ2) is 6.89. The fourth-order valence-electron chi connectivity index (χ4n) is 2.66. The van der Waals surface area contributed by atoms with Crippen molar-refractivity contribution in [3.8, 4) is 0 Å². The monoisotopic (exact) mass is 305 g/mol. The number of nitrogens with one attached hydrogen (secondary N) is 1. The predicted molar refractivity (Wildman–Crippen MR) is 89.0 cm³/mol. The third kappa shape index (κ3) is 3.73. The Kier molecular flexibility index (Phi) is 5.17. The van der Waals surface area contributed by atoms with Crippen LogP contribution < -0.4 is 5.32 Å². The third-order valence-electron chi connectivity index (χ3n) is 3.88. The van der Waals surface area contributed by atoms with Gasteiger partial charge in [-0.3, -0.25) is 4.79 Å². The molecule has 1 aromatic rings. The fraction of sp³-hybridized carbons (Fsp3) is 0.500. The zero-order valence-electron chi connectivity index (χ0n) is 12.9. The summed E-state index contributed by atoms with van der Waals surface area (Å²) in [7, 11) is 3.59. The molecule has 0 bridgehead atoms. The molecule has 1 aromatic carbocycles. The molecular formula is C16H23N3OS. The number of amides is 1. The first-order valence-electron chi connectivity index (χ1n) is 7.34. The summed E-state index contributed by atoms with van der Waals surface area (Å²) in [6.07, 6.45) is 1.88. The Morgan fingerprint density at radius 1 is 1.38 bits per heavy atom. The van der Waals surface area contributed by atoms with Gasteiger partial charge in [-0.15, -0.1) is 0 Å². The maximum atomic E-state index is 12.2. The molecule has 2 atom stereocenters. The molecule has 0 radical (unpaired) electrons. The lowest BCUT2D eigenvalue weighted by Gasteiger charge is -2.30. The summed E-state index contributed by atoms with van der Waals surface area (Å²) in [6.45, 7) is 2.93. The van der Waals surface area contributed by atoms with Crippen molar-refractivity contribution in [1.29, 1.82) is 0 Å². The first kappa shape index (κ1) is 15.8. The van der Waals surface area contributed by atoms with E-state index in [-0.39, 0.29) is 18.0 Å². The van der Waals surface area contributed by atoms with Crippen LogP contribution in [0.25, 0.3) is 0 Å². The van der Waals surface area contributed by atoms with E-state index in [1.807, 2.05) is 23.1 Å². The van der Waals surface area contributed by atoms with Crippen molar-refractivity contribution >= 4 is 23.2 Å². The van der Waals surface area contributed by atoms with Crippen LogP contribution in [-0.4, -0.2) is 47.5 Å². The average Bonchev–Trinajstić information content (AvgIpc) is 2.96. The van der Waals surface area contributed by atoms with Gasteiger partial charge in [0, 0.05) is 20.6 Å². The SMILES string of the molecule is CC(NC(=S)N1CCCC1C(=O)N(C)C)c1ccccc1. The van der Waals surface area contributed by atoms with E-state index < -0.39 is 0 Å². The Labute approximate surface area is 132 Å². The summed E-state index contributed by atoms with van der Waals surface area (Å²) in [4.78, 5) is 15.9. The van der Waals surface area contributed by atoms with Crippen molar-refractivity contribution in [2.45, 2.75) is 31.8 Å². The van der Waals surface area contributed by atoms with Gasteiger partial charge in [-0.1, -0.05) is 30.3 Å². The molecule has 1 N–H and O–H groups in total. The molecule has 1 saturated heterocycles. The van der Waals surface area contributed by atoms with Crippen LogP contribution in [-0.2, 0) is 4.79 Å². The van der Waals surface area contributed by atoms with Gasteiger partial charge in [-0.2, -0.15) is 0 Å². The second-order valence-corrected chi connectivity index (χ2v) is 6.05. The van der Waals surface area contributed by atoms with Crippen LogP contribution in [0.1, 0.15) is 31.4 Å². The van der Waals surface area contributed by atoms with E-state index in [9.17, 15) is 4.79 Å². The molecule has 0 spiro atoms. The van der Waals surface area contributed by atoms with E-state index in [4.69, 9.17) is 12.2 Å². The molecule has 1 fully saturated rings. The van der Waals surface area contributed by atoms with Gasteiger partial charge in [0.15, 0.2) is 5.11 Å². The zero-order valence-corrected chi connectivity index (χ0v) is 13.7. The maximum Gasteiger partial charge on any atom is 0.244 e. The topological polar surface area (TPSA) is 35.6 Å². The van der Waals surface area contributed by atoms with Gasteiger partial charge in [0.2, 0.25) is 5.91 Å². The Hall–Kier alpha value is -1.62. The van der Waals surface area contributed by atoms with Gasteiger partial charge in [0.05, 0.1) is 6.04 Å². The van der Waals surface area contributed by atoms with Gasteiger partial charge in [-0.25, -0.2) is 0 Å². The first-order valence-corrected chi connectivity index (χ1v) is 7.74. The number of nitrogens with zero attached hydrogens (tertiary/aromatic N) is 2. The fourth-order valence-corrected chi connectivity index (χ4v) is 3.05. The average molecular weight is 305 g/mol. The number of benzene rings is 1. The van der Waals surface area contributed by atoms with Gasteiger partial charge in [-0.05, 0) is 37.5 Å². The van der Waals surface area contributed by atoms with Crippen LogP contribution in [0.4, 0.5) is 0 Å². The van der Waals surface area contributed by atoms with E-state index in [1.165, 1.54) is 5.56 Å². The highest BCUT2D eigenvalue weighted by atomic mass is 32.1. The quantitative estimate of drug-likeness (QED) is 0.868. The standard InChI is InChI=1S/C16H23N3OS/c1-12(13-8-5-4-6-9-13)17-16(21)19-11-7-10-14(19)15(20)18(2)3/h4-6,8-9,12,14H,7,10-11H2,1-3H3,(H,17,21). The third-order valence-corrected chi connectivity index (χ3v) is 4.23. The highest BCUT2D eigenvalue weighted by Crippen LogP contribution is 2.20. The minimum absolute atomic E-state index is 0.122. The molecule has 114 valence electrons. The summed E-state index contributed by atoms with van der Waals surface area (Å²) in [5, 5.41) is 4.02. The van der Waals surface area contributed by atoms with Crippen molar-refractivity contribution in [2.24, 2.45) is 0 Å². The minimum atomic E-state index is -0.122. The number of hydrogen-bond acceptors (Lipinski definition) is 2. The van der Waals surface area contributed by atoms with E-state index in [2.05, 4.69) is 24.4 Å². The van der Waals surface area contributed by atoms with E-state index >= 15 is 0 Å². The van der Waals surface area contributed by atoms with Crippen molar-refractivity contribution in [1.82, 2.24) is 15.1 Å².